The summed E-state index contributed by atoms with van der Waals surface area (Å²) in [6.07, 6.45) is 7.36. The van der Waals surface area contributed by atoms with Gasteiger partial charge in [-0.15, -0.1) is 0 Å². The molecule has 1 heterocycles. The average molecular weight is 594 g/mol. The number of unbranched alkanes of at least 4 members (excludes halogenated alkanes) is 2. The van der Waals surface area contributed by atoms with Crippen LogP contribution in [0, 0.1) is 11.3 Å². The second kappa shape index (κ2) is 13.4. The molecule has 1 unspecified atom stereocenters. The van der Waals surface area contributed by atoms with E-state index in [0.717, 1.165) is 62.5 Å². The average Bonchev–Trinajstić information content (AvgIpc) is 3.21. The summed E-state index contributed by atoms with van der Waals surface area (Å²) in [4.78, 5) is 45.2. The number of carbonyl (C=O) groups excluding carboxylic acids is 2. The second-order valence-electron chi connectivity index (χ2n) is 12.8. The zero-order valence-electron chi connectivity index (χ0n) is 25.3. The van der Waals surface area contributed by atoms with E-state index in [-0.39, 0.29) is 36.2 Å². The van der Waals surface area contributed by atoms with Gasteiger partial charge in [0.05, 0.1) is 12.5 Å². The first-order chi connectivity index (χ1) is 19.9. The number of amides is 2. The summed E-state index contributed by atoms with van der Waals surface area (Å²) in [5.41, 5.74) is 2.22. The third-order valence-electron chi connectivity index (χ3n) is 8.87. The predicted molar refractivity (Wildman–Crippen MR) is 167 cm³/mol. The lowest BCUT2D eigenvalue weighted by Crippen LogP contribution is -2.51. The summed E-state index contributed by atoms with van der Waals surface area (Å²) in [5, 5.41) is 12.1. The molecule has 1 fully saturated rings. The number of aliphatic carboxylic acids is 1. The van der Waals surface area contributed by atoms with Gasteiger partial charge in [0.15, 0.2) is 0 Å². The van der Waals surface area contributed by atoms with Crippen molar-refractivity contribution in [1.29, 1.82) is 0 Å². The molecular formula is C34H44ClN3O4. The van der Waals surface area contributed by atoms with Gasteiger partial charge in [0.1, 0.15) is 11.4 Å². The first kappa shape index (κ1) is 31.7. The van der Waals surface area contributed by atoms with E-state index in [0.29, 0.717) is 22.2 Å². The number of carboxylic acids is 1. The van der Waals surface area contributed by atoms with Gasteiger partial charge >= 0.3 is 5.97 Å². The second-order valence-corrected chi connectivity index (χ2v) is 13.2. The molecule has 2 aromatic carbocycles. The summed E-state index contributed by atoms with van der Waals surface area (Å²) >= 11 is 6.34. The molecule has 1 spiro atoms. The van der Waals surface area contributed by atoms with Gasteiger partial charge in [-0.1, -0.05) is 82.8 Å². The highest BCUT2D eigenvalue weighted by Crippen LogP contribution is 2.50. The fraction of sp³-hybridized carbons (Fsp3) is 0.529. The largest absolute Gasteiger partial charge is 0.481 e. The Morgan fingerprint density at radius 2 is 1.81 bits per heavy atom. The van der Waals surface area contributed by atoms with E-state index in [4.69, 9.17) is 21.7 Å². The molecular weight excluding hydrogens is 550 g/mol. The standard InChI is InChI=1S/C34H44ClN3O4/c1-5-6-7-11-28(23-12-14-24(15-13-23)31(41)36-21-18-29(39)40)38-32(42)30(25-9-8-10-27(35)22-25)37-34(38)19-16-26(17-20-34)33(2,3)4/h8-10,12-15,22,26,28H,5-7,11,16-21H2,1-4H3,(H,36,41)(H,39,40). The lowest BCUT2D eigenvalue weighted by molar-refractivity contribution is -0.137. The Balaban J connectivity index is 1.69. The van der Waals surface area contributed by atoms with Crippen LogP contribution in [0.5, 0.6) is 0 Å². The highest BCUT2D eigenvalue weighted by Gasteiger charge is 2.52. The number of halogens is 1. The Bertz CT molecular complexity index is 1310. The number of aliphatic imine (C=N–C) groups is 1. The summed E-state index contributed by atoms with van der Waals surface area (Å²) < 4.78 is 0. The van der Waals surface area contributed by atoms with Crippen molar-refractivity contribution < 1.29 is 19.5 Å². The maximum absolute atomic E-state index is 14.4. The minimum atomic E-state index is -0.958. The molecule has 2 N–H and O–H groups in total. The monoisotopic (exact) mass is 593 g/mol. The van der Waals surface area contributed by atoms with Crippen LogP contribution in [-0.4, -0.2) is 45.7 Å². The number of nitrogens with one attached hydrogen (secondary N) is 1. The van der Waals surface area contributed by atoms with Gasteiger partial charge < -0.3 is 15.3 Å². The number of hydrogen-bond donors (Lipinski definition) is 2. The van der Waals surface area contributed by atoms with Crippen LogP contribution >= 0.6 is 11.6 Å². The van der Waals surface area contributed by atoms with Gasteiger partial charge in [0.25, 0.3) is 11.8 Å². The van der Waals surface area contributed by atoms with Gasteiger partial charge in [-0.25, -0.2) is 0 Å². The molecule has 1 saturated carbocycles. The Morgan fingerprint density at radius 3 is 2.40 bits per heavy atom. The van der Waals surface area contributed by atoms with Crippen molar-refractivity contribution in [2.75, 3.05) is 6.54 Å². The van der Waals surface area contributed by atoms with Gasteiger partial charge in [-0.3, -0.25) is 19.4 Å². The molecule has 4 rings (SSSR count). The first-order valence-corrected chi connectivity index (χ1v) is 15.6. The van der Waals surface area contributed by atoms with Crippen molar-refractivity contribution in [3.8, 4) is 0 Å². The fourth-order valence-corrected chi connectivity index (χ4v) is 6.63. The Morgan fingerprint density at radius 1 is 1.12 bits per heavy atom. The quantitative estimate of drug-likeness (QED) is 0.265. The molecule has 0 bridgehead atoms. The maximum atomic E-state index is 14.4. The van der Waals surface area contributed by atoms with Crippen LogP contribution in [0.25, 0.3) is 0 Å². The van der Waals surface area contributed by atoms with Gasteiger partial charge in [-0.2, -0.15) is 0 Å². The molecule has 8 heteroatoms. The summed E-state index contributed by atoms with van der Waals surface area (Å²) in [7, 11) is 0. The fourth-order valence-electron chi connectivity index (χ4n) is 6.44. The summed E-state index contributed by atoms with van der Waals surface area (Å²) in [6, 6.07) is 14.6. The van der Waals surface area contributed by atoms with Crippen LogP contribution in [0.3, 0.4) is 0 Å². The minimum absolute atomic E-state index is 0.0662. The molecule has 2 aliphatic rings. The van der Waals surface area contributed by atoms with Crippen LogP contribution in [0.4, 0.5) is 0 Å². The van der Waals surface area contributed by atoms with E-state index in [1.54, 1.807) is 18.2 Å². The van der Waals surface area contributed by atoms with Crippen molar-refractivity contribution in [2.24, 2.45) is 16.3 Å². The van der Waals surface area contributed by atoms with E-state index in [1.165, 1.54) is 0 Å². The summed E-state index contributed by atoms with van der Waals surface area (Å²) in [6.45, 7) is 9.12. The van der Waals surface area contributed by atoms with E-state index in [9.17, 15) is 14.4 Å². The molecule has 0 radical (unpaired) electrons. The van der Waals surface area contributed by atoms with Gasteiger partial charge in [-0.05, 0) is 73.3 Å². The number of hydrogen-bond acceptors (Lipinski definition) is 4. The number of benzene rings is 2. The van der Waals surface area contributed by atoms with Crippen molar-refractivity contribution in [2.45, 2.75) is 97.2 Å². The summed E-state index contributed by atoms with van der Waals surface area (Å²) in [5.74, 6) is -0.779. The van der Waals surface area contributed by atoms with E-state index < -0.39 is 11.6 Å². The number of nitrogens with zero attached hydrogens (tertiary/aromatic N) is 2. The third kappa shape index (κ3) is 7.23. The van der Waals surface area contributed by atoms with E-state index >= 15 is 0 Å². The minimum Gasteiger partial charge on any atom is -0.481 e. The highest BCUT2D eigenvalue weighted by molar-refractivity contribution is 6.47. The van der Waals surface area contributed by atoms with Crippen LogP contribution in [0.2, 0.25) is 5.02 Å². The zero-order chi connectivity index (χ0) is 30.5. The van der Waals surface area contributed by atoms with E-state index in [1.807, 2.05) is 30.3 Å². The van der Waals surface area contributed by atoms with Crippen LogP contribution in [-0.2, 0) is 9.59 Å². The lowest BCUT2D eigenvalue weighted by atomic mass is 9.69. The van der Waals surface area contributed by atoms with Gasteiger partial charge in [0.2, 0.25) is 0 Å². The molecule has 0 saturated heterocycles. The van der Waals surface area contributed by atoms with Crippen LogP contribution in [0.1, 0.15) is 113 Å². The maximum Gasteiger partial charge on any atom is 0.305 e. The van der Waals surface area contributed by atoms with Crippen molar-refractivity contribution in [1.82, 2.24) is 10.2 Å². The number of rotatable bonds is 11. The topological polar surface area (TPSA) is 99.1 Å². The molecule has 7 nitrogen and oxygen atoms in total. The highest BCUT2D eigenvalue weighted by atomic mass is 35.5. The molecule has 2 amide bonds. The van der Waals surface area contributed by atoms with Crippen LogP contribution in [0.15, 0.2) is 53.5 Å². The molecule has 1 atom stereocenters. The molecule has 1 aliphatic carbocycles. The zero-order valence-corrected chi connectivity index (χ0v) is 26.0. The Labute approximate surface area is 254 Å². The number of carbonyl (C=O) groups is 3. The molecule has 2 aromatic rings. The normalized spacial score (nSPS) is 21.4. The van der Waals surface area contributed by atoms with Crippen LogP contribution < -0.4 is 5.32 Å². The first-order valence-electron chi connectivity index (χ1n) is 15.2. The van der Waals surface area contributed by atoms with Gasteiger partial charge in [0, 0.05) is 22.7 Å². The predicted octanol–water partition coefficient (Wildman–Crippen LogP) is 7.43. The lowest BCUT2D eigenvalue weighted by Gasteiger charge is -2.47. The smallest absolute Gasteiger partial charge is 0.305 e. The van der Waals surface area contributed by atoms with Crippen molar-refractivity contribution >= 4 is 35.1 Å². The molecule has 226 valence electrons. The SMILES string of the molecule is CCCCCC(c1ccc(C(=O)NCCC(=O)O)cc1)N1C(=O)C(c2cccc(Cl)c2)=NC12CCC(C(C)(C)C)CC2. The molecule has 42 heavy (non-hydrogen) atoms. The Kier molecular flexibility index (Phi) is 10.1. The van der Waals surface area contributed by atoms with Crippen molar-refractivity contribution in [3.63, 3.8) is 0 Å². The third-order valence-corrected chi connectivity index (χ3v) is 9.11. The van der Waals surface area contributed by atoms with E-state index in [2.05, 4.69) is 37.9 Å². The number of carboxylic acid groups (broad SMARTS) is 1. The molecule has 1 aliphatic heterocycles. The Hall–Kier alpha value is -3.19. The molecule has 0 aromatic heterocycles. The van der Waals surface area contributed by atoms with Crippen molar-refractivity contribution in [3.05, 3.63) is 70.2 Å².